The zero-order valence-corrected chi connectivity index (χ0v) is 22.4. The van der Waals surface area contributed by atoms with Crippen molar-refractivity contribution in [2.75, 3.05) is 26.4 Å². The van der Waals surface area contributed by atoms with E-state index in [9.17, 15) is 24.2 Å². The number of hydrogen-bond donors (Lipinski definition) is 3. The summed E-state index contributed by atoms with van der Waals surface area (Å²) in [5, 5.41) is 18.0. The number of carbonyl (C=O) groups is 2. The molecule has 10 nitrogen and oxygen atoms in total. The van der Waals surface area contributed by atoms with Crippen molar-refractivity contribution in [3.8, 4) is 0 Å². The zero-order chi connectivity index (χ0) is 26.4. The molecule has 0 amide bonds. The minimum Gasteiger partial charge on any atom is -0.462 e. The Kier molecular flexibility index (Phi) is 21.5. The van der Waals surface area contributed by atoms with E-state index in [1.807, 2.05) is 6.92 Å². The Morgan fingerprint density at radius 3 is 1.83 bits per heavy atom. The molecule has 0 saturated heterocycles. The first-order valence-electron chi connectivity index (χ1n) is 13.0. The molecule has 0 aromatic carbocycles. The maximum absolute atomic E-state index is 12.3. The van der Waals surface area contributed by atoms with Gasteiger partial charge in [0.15, 0.2) is 6.10 Å². The molecule has 0 aromatic heterocycles. The van der Waals surface area contributed by atoms with Crippen molar-refractivity contribution in [2.45, 2.75) is 116 Å². The molecule has 3 atom stereocenters. The van der Waals surface area contributed by atoms with Crippen molar-refractivity contribution in [1.82, 2.24) is 0 Å². The highest BCUT2D eigenvalue weighted by atomic mass is 31.2. The van der Waals surface area contributed by atoms with Crippen LogP contribution in [-0.4, -0.2) is 65.7 Å². The van der Waals surface area contributed by atoms with Gasteiger partial charge in [-0.05, 0) is 12.8 Å². The molecule has 0 rings (SSSR count). The highest BCUT2D eigenvalue weighted by Crippen LogP contribution is 2.43. The van der Waals surface area contributed by atoms with Gasteiger partial charge in [-0.25, -0.2) is 4.57 Å². The summed E-state index contributed by atoms with van der Waals surface area (Å²) in [7, 11) is -4.57. The van der Waals surface area contributed by atoms with Crippen LogP contribution in [0.2, 0.25) is 0 Å². The Morgan fingerprint density at radius 1 is 0.743 bits per heavy atom. The number of unbranched alkanes of at least 4 members (excludes halogenated alkanes) is 10. The van der Waals surface area contributed by atoms with Crippen LogP contribution in [0, 0.1) is 0 Å². The van der Waals surface area contributed by atoms with Gasteiger partial charge in [-0.1, -0.05) is 78.1 Å². The van der Waals surface area contributed by atoms with Crippen LogP contribution >= 0.6 is 7.82 Å². The molecule has 0 aliphatic rings. The smallest absolute Gasteiger partial charge is 0.462 e. The monoisotopic (exact) mass is 526 g/mol. The number of carbonyl (C=O) groups excluding carboxylic acids is 2. The van der Waals surface area contributed by atoms with Gasteiger partial charge in [-0.3, -0.25) is 18.6 Å². The molecule has 0 aliphatic heterocycles. The van der Waals surface area contributed by atoms with E-state index in [1.165, 1.54) is 32.1 Å². The van der Waals surface area contributed by atoms with E-state index < -0.39 is 51.8 Å². The number of phosphoric acid groups is 1. The molecule has 0 fully saturated rings. The van der Waals surface area contributed by atoms with E-state index in [2.05, 4.69) is 11.4 Å². The standard InChI is InChI=1S/C24H47O10P/c1-3-5-7-8-9-10-11-12-14-16-24(28)34-22(19-31-23(27)15-13-6-4-2)20-33-35(29,30)32-18-21(26)17-25/h21-22,25-26H,3-20H2,1-2H3,(H,29,30). The van der Waals surface area contributed by atoms with Gasteiger partial charge in [0.25, 0.3) is 0 Å². The Hall–Kier alpha value is -1.03. The number of hydrogen-bond acceptors (Lipinski definition) is 9. The second-order valence-corrected chi connectivity index (χ2v) is 10.2. The Labute approximate surface area is 210 Å². The average molecular weight is 527 g/mol. The van der Waals surface area contributed by atoms with Crippen LogP contribution in [0.4, 0.5) is 0 Å². The van der Waals surface area contributed by atoms with Crippen LogP contribution in [0.15, 0.2) is 0 Å². The Balaban J connectivity index is 4.48. The van der Waals surface area contributed by atoms with Gasteiger partial charge in [-0.2, -0.15) is 0 Å². The number of esters is 2. The fraction of sp³-hybridized carbons (Fsp3) is 0.917. The third-order valence-corrected chi connectivity index (χ3v) is 6.21. The molecule has 3 N–H and O–H groups in total. The molecule has 11 heteroatoms. The van der Waals surface area contributed by atoms with E-state index in [1.54, 1.807) is 0 Å². The molecule has 0 bridgehead atoms. The third kappa shape index (κ3) is 21.9. The molecule has 0 radical (unpaired) electrons. The Bertz CT molecular complexity index is 587. The van der Waals surface area contributed by atoms with Gasteiger partial charge in [0.2, 0.25) is 0 Å². The van der Waals surface area contributed by atoms with E-state index in [0.29, 0.717) is 12.8 Å². The first-order chi connectivity index (χ1) is 16.7. The SMILES string of the molecule is CCCCCCCCCCCC(=O)OC(COC(=O)CCCCC)COP(=O)(O)OCC(O)CO. The molecule has 0 saturated carbocycles. The number of phosphoric ester groups is 1. The zero-order valence-electron chi connectivity index (χ0n) is 21.5. The summed E-state index contributed by atoms with van der Waals surface area (Å²) in [5.41, 5.74) is 0. The highest BCUT2D eigenvalue weighted by molar-refractivity contribution is 7.47. The molecule has 0 aliphatic carbocycles. The van der Waals surface area contributed by atoms with Gasteiger partial charge in [0.1, 0.15) is 12.7 Å². The van der Waals surface area contributed by atoms with E-state index in [-0.39, 0.29) is 19.4 Å². The summed E-state index contributed by atoms with van der Waals surface area (Å²) >= 11 is 0. The predicted molar refractivity (Wildman–Crippen MR) is 132 cm³/mol. The third-order valence-electron chi connectivity index (χ3n) is 5.26. The summed E-state index contributed by atoms with van der Waals surface area (Å²) in [6.07, 6.45) is 10.5. The molecule has 208 valence electrons. The first kappa shape index (κ1) is 34.0. The van der Waals surface area contributed by atoms with Gasteiger partial charge < -0.3 is 24.6 Å². The van der Waals surface area contributed by atoms with Crippen molar-refractivity contribution in [3.05, 3.63) is 0 Å². The van der Waals surface area contributed by atoms with Crippen molar-refractivity contribution in [2.24, 2.45) is 0 Å². The molecule has 0 aromatic rings. The fourth-order valence-corrected chi connectivity index (χ4v) is 3.96. The number of aliphatic hydroxyl groups excluding tert-OH is 2. The summed E-state index contributed by atoms with van der Waals surface area (Å²) in [6, 6.07) is 0. The predicted octanol–water partition coefficient (Wildman–Crippen LogP) is 4.43. The van der Waals surface area contributed by atoms with E-state index in [0.717, 1.165) is 32.1 Å². The number of ether oxygens (including phenoxy) is 2. The van der Waals surface area contributed by atoms with Crippen molar-refractivity contribution in [1.29, 1.82) is 0 Å². The van der Waals surface area contributed by atoms with Crippen LogP contribution in [0.5, 0.6) is 0 Å². The molecular weight excluding hydrogens is 479 g/mol. The lowest BCUT2D eigenvalue weighted by Crippen LogP contribution is -2.29. The lowest BCUT2D eigenvalue weighted by molar-refractivity contribution is -0.161. The van der Waals surface area contributed by atoms with E-state index in [4.69, 9.17) is 19.1 Å². The highest BCUT2D eigenvalue weighted by Gasteiger charge is 2.27. The minimum atomic E-state index is -4.57. The van der Waals surface area contributed by atoms with Crippen LogP contribution in [0.3, 0.4) is 0 Å². The van der Waals surface area contributed by atoms with Crippen LogP contribution < -0.4 is 0 Å². The minimum absolute atomic E-state index is 0.187. The van der Waals surface area contributed by atoms with Crippen LogP contribution in [0.1, 0.15) is 104 Å². The van der Waals surface area contributed by atoms with Gasteiger partial charge in [0, 0.05) is 12.8 Å². The average Bonchev–Trinajstić information content (AvgIpc) is 2.83. The van der Waals surface area contributed by atoms with Gasteiger partial charge in [0.05, 0.1) is 19.8 Å². The number of aliphatic hydroxyl groups is 2. The molecule has 35 heavy (non-hydrogen) atoms. The quantitative estimate of drug-likeness (QED) is 0.0936. The van der Waals surface area contributed by atoms with Gasteiger partial charge >= 0.3 is 19.8 Å². The van der Waals surface area contributed by atoms with Gasteiger partial charge in [-0.15, -0.1) is 0 Å². The molecule has 0 spiro atoms. The van der Waals surface area contributed by atoms with Crippen LogP contribution in [0.25, 0.3) is 0 Å². The van der Waals surface area contributed by atoms with Crippen LogP contribution in [-0.2, 0) is 32.7 Å². The lowest BCUT2D eigenvalue weighted by atomic mass is 10.1. The van der Waals surface area contributed by atoms with E-state index >= 15 is 0 Å². The Morgan fingerprint density at radius 2 is 1.23 bits per heavy atom. The molecule has 3 unspecified atom stereocenters. The largest absolute Gasteiger partial charge is 0.472 e. The topological polar surface area (TPSA) is 149 Å². The fourth-order valence-electron chi connectivity index (χ4n) is 3.17. The summed E-state index contributed by atoms with van der Waals surface area (Å²) in [6.45, 7) is 2.10. The molecular formula is C24H47O10P. The van der Waals surface area contributed by atoms with Crippen molar-refractivity contribution < 1.29 is 47.8 Å². The maximum atomic E-state index is 12.3. The number of rotatable bonds is 24. The lowest BCUT2D eigenvalue weighted by Gasteiger charge is -2.20. The van der Waals surface area contributed by atoms with Crippen molar-refractivity contribution >= 4 is 19.8 Å². The first-order valence-corrected chi connectivity index (χ1v) is 14.5. The second-order valence-electron chi connectivity index (χ2n) is 8.73. The summed E-state index contributed by atoms with van der Waals surface area (Å²) < 4.78 is 31.9. The second kappa shape index (κ2) is 22.2. The van der Waals surface area contributed by atoms with Crippen molar-refractivity contribution in [3.63, 3.8) is 0 Å². The normalized spacial score (nSPS) is 14.8. The maximum Gasteiger partial charge on any atom is 0.472 e. The summed E-state index contributed by atoms with van der Waals surface area (Å²) in [4.78, 5) is 33.9. The summed E-state index contributed by atoms with van der Waals surface area (Å²) in [5.74, 6) is -0.957. The molecule has 0 heterocycles.